The Morgan fingerprint density at radius 3 is 2.42 bits per heavy atom. The summed E-state index contributed by atoms with van der Waals surface area (Å²) >= 11 is 1.12. The summed E-state index contributed by atoms with van der Waals surface area (Å²) in [5.74, 6) is -1.01. The molecule has 2 N–H and O–H groups in total. The molecular formula is C24H26N4O7S. The fourth-order valence-electron chi connectivity index (χ4n) is 3.01. The molecule has 1 atom stereocenters. The largest absolute Gasteiger partial charge is 0.481 e. The molecule has 36 heavy (non-hydrogen) atoms. The van der Waals surface area contributed by atoms with E-state index in [9.17, 15) is 14.4 Å². The Kier molecular flexibility index (Phi) is 8.92. The van der Waals surface area contributed by atoms with Crippen molar-refractivity contribution in [2.45, 2.75) is 19.4 Å². The highest BCUT2D eigenvalue weighted by Gasteiger charge is 2.17. The van der Waals surface area contributed by atoms with Crippen molar-refractivity contribution in [2.75, 3.05) is 33.1 Å². The first-order valence-electron chi connectivity index (χ1n) is 10.8. The zero-order valence-corrected chi connectivity index (χ0v) is 21.0. The zero-order valence-electron chi connectivity index (χ0n) is 20.2. The lowest BCUT2D eigenvalue weighted by atomic mass is 10.2. The first-order chi connectivity index (χ1) is 17.1. The highest BCUT2D eigenvalue weighted by atomic mass is 32.1. The third kappa shape index (κ3) is 7.48. The molecule has 0 fully saturated rings. The second-order valence-corrected chi connectivity index (χ2v) is 8.77. The van der Waals surface area contributed by atoms with Gasteiger partial charge in [0.2, 0.25) is 11.8 Å². The number of carboxylic acids is 1. The lowest BCUT2D eigenvalue weighted by Crippen LogP contribution is -2.21. The van der Waals surface area contributed by atoms with E-state index < -0.39 is 11.9 Å². The van der Waals surface area contributed by atoms with E-state index in [4.69, 9.17) is 19.3 Å². The van der Waals surface area contributed by atoms with Gasteiger partial charge in [0.05, 0.1) is 24.3 Å². The molecule has 2 amide bonds. The minimum atomic E-state index is -1.01. The normalized spacial score (nSPS) is 11.4. The SMILES string of the molecule is COC[C@@H](C)Oc1cc(C(=O)Nc2nc(CC(=O)O)cs2)cc(Oc2ccc(C(=O)N(C)C)cc2)n1. The summed E-state index contributed by atoms with van der Waals surface area (Å²) in [6.45, 7) is 2.10. The van der Waals surface area contributed by atoms with Crippen molar-refractivity contribution in [3.63, 3.8) is 0 Å². The second-order valence-electron chi connectivity index (χ2n) is 7.91. The van der Waals surface area contributed by atoms with Crippen LogP contribution < -0.4 is 14.8 Å². The second kappa shape index (κ2) is 12.1. The Hall–Kier alpha value is -4.03. The summed E-state index contributed by atoms with van der Waals surface area (Å²) in [4.78, 5) is 45.8. The van der Waals surface area contributed by atoms with Crippen molar-refractivity contribution in [3.05, 3.63) is 58.6 Å². The van der Waals surface area contributed by atoms with Crippen LogP contribution in [-0.2, 0) is 16.0 Å². The molecule has 0 radical (unpaired) electrons. The molecule has 190 valence electrons. The molecule has 0 bridgehead atoms. The van der Waals surface area contributed by atoms with Gasteiger partial charge in [0.25, 0.3) is 11.8 Å². The number of ether oxygens (including phenoxy) is 3. The number of anilines is 1. The number of aromatic nitrogens is 2. The molecule has 1 aromatic carbocycles. The molecule has 11 nitrogen and oxygen atoms in total. The minimum absolute atomic E-state index is 0.0969. The molecule has 0 spiro atoms. The number of pyridine rings is 1. The summed E-state index contributed by atoms with van der Waals surface area (Å²) in [6.07, 6.45) is -0.587. The van der Waals surface area contributed by atoms with Crippen molar-refractivity contribution in [1.29, 1.82) is 0 Å². The predicted molar refractivity (Wildman–Crippen MR) is 132 cm³/mol. The molecule has 0 aliphatic rings. The standard InChI is InChI=1S/C24H26N4O7S/c1-14(12-33-4)34-19-9-16(22(31)27-24-25-17(13-36-24)11-21(29)30)10-20(26-19)35-18-7-5-15(6-8-18)23(32)28(2)3/h5-10,13-14H,11-12H2,1-4H3,(H,29,30)(H,25,27,31)/t14-/m1/s1. The third-order valence-electron chi connectivity index (χ3n) is 4.60. The van der Waals surface area contributed by atoms with Gasteiger partial charge in [-0.25, -0.2) is 4.98 Å². The van der Waals surface area contributed by atoms with Gasteiger partial charge in [-0.1, -0.05) is 0 Å². The van der Waals surface area contributed by atoms with Gasteiger partial charge in [0.1, 0.15) is 11.9 Å². The lowest BCUT2D eigenvalue weighted by molar-refractivity contribution is -0.136. The molecular weight excluding hydrogens is 488 g/mol. The quantitative estimate of drug-likeness (QED) is 0.394. The van der Waals surface area contributed by atoms with E-state index in [0.717, 1.165) is 11.3 Å². The number of methoxy groups -OCH3 is 1. The predicted octanol–water partition coefficient (Wildman–Crippen LogP) is 3.33. The fourth-order valence-corrected chi connectivity index (χ4v) is 3.72. The lowest BCUT2D eigenvalue weighted by Gasteiger charge is -2.15. The molecule has 2 aromatic heterocycles. The van der Waals surface area contributed by atoms with Crippen LogP contribution in [-0.4, -0.2) is 71.7 Å². The molecule has 0 unspecified atom stereocenters. The van der Waals surface area contributed by atoms with Gasteiger partial charge in [-0.15, -0.1) is 11.3 Å². The zero-order chi connectivity index (χ0) is 26.2. The van der Waals surface area contributed by atoms with Gasteiger partial charge in [-0.05, 0) is 31.2 Å². The van der Waals surface area contributed by atoms with Crippen molar-refractivity contribution in [2.24, 2.45) is 0 Å². The summed E-state index contributed by atoms with van der Waals surface area (Å²) in [6, 6.07) is 9.40. The number of carbonyl (C=O) groups excluding carboxylic acids is 2. The molecule has 3 rings (SSSR count). The highest BCUT2D eigenvalue weighted by molar-refractivity contribution is 7.14. The Labute approximate surface area is 211 Å². The van der Waals surface area contributed by atoms with Gasteiger partial charge >= 0.3 is 5.97 Å². The number of carboxylic acid groups (broad SMARTS) is 1. The maximum Gasteiger partial charge on any atom is 0.309 e. The Morgan fingerprint density at radius 2 is 1.78 bits per heavy atom. The van der Waals surface area contributed by atoms with E-state index in [1.54, 1.807) is 57.8 Å². The van der Waals surface area contributed by atoms with Crippen molar-refractivity contribution in [3.8, 4) is 17.5 Å². The number of amides is 2. The summed E-state index contributed by atoms with van der Waals surface area (Å²) < 4.78 is 16.7. The molecule has 12 heteroatoms. The van der Waals surface area contributed by atoms with Crippen LogP contribution in [0.25, 0.3) is 0 Å². The Morgan fingerprint density at radius 1 is 1.08 bits per heavy atom. The fraction of sp³-hybridized carbons (Fsp3) is 0.292. The minimum Gasteiger partial charge on any atom is -0.481 e. The molecule has 0 saturated heterocycles. The van der Waals surface area contributed by atoms with Crippen molar-refractivity contribution >= 4 is 34.3 Å². The van der Waals surface area contributed by atoms with Crippen LogP contribution in [0, 0.1) is 0 Å². The van der Waals surface area contributed by atoms with Crippen LogP contribution >= 0.6 is 11.3 Å². The smallest absolute Gasteiger partial charge is 0.309 e. The Balaban J connectivity index is 1.83. The maximum atomic E-state index is 12.9. The first-order valence-corrected chi connectivity index (χ1v) is 11.7. The molecule has 0 aliphatic carbocycles. The summed E-state index contributed by atoms with van der Waals surface area (Å²) in [7, 11) is 4.87. The van der Waals surface area contributed by atoms with E-state index in [2.05, 4.69) is 15.3 Å². The average Bonchev–Trinajstić information content (AvgIpc) is 3.24. The summed E-state index contributed by atoms with van der Waals surface area (Å²) in [5, 5.41) is 13.4. The Bertz CT molecular complexity index is 1230. The molecule has 0 aliphatic heterocycles. The van der Waals surface area contributed by atoms with Crippen LogP contribution in [0.4, 0.5) is 5.13 Å². The van der Waals surface area contributed by atoms with Gasteiger partial charge in [-0.2, -0.15) is 4.98 Å². The van der Waals surface area contributed by atoms with E-state index in [0.29, 0.717) is 23.6 Å². The number of rotatable bonds is 11. The number of carbonyl (C=O) groups is 3. The monoisotopic (exact) mass is 514 g/mol. The number of aliphatic carboxylic acids is 1. The van der Waals surface area contributed by atoms with Gasteiger partial charge in [-0.3, -0.25) is 19.7 Å². The number of thiazole rings is 1. The topological polar surface area (TPSA) is 140 Å². The summed E-state index contributed by atoms with van der Waals surface area (Å²) in [5.41, 5.74) is 1.03. The molecule has 0 saturated carbocycles. The van der Waals surface area contributed by atoms with Crippen LogP contribution in [0.2, 0.25) is 0 Å². The van der Waals surface area contributed by atoms with Crippen LogP contribution in [0.3, 0.4) is 0 Å². The van der Waals surface area contributed by atoms with Gasteiger partial charge in [0, 0.05) is 44.3 Å². The number of nitrogens with zero attached hydrogens (tertiary/aromatic N) is 3. The van der Waals surface area contributed by atoms with Crippen molar-refractivity contribution in [1.82, 2.24) is 14.9 Å². The molecule has 2 heterocycles. The van der Waals surface area contributed by atoms with E-state index >= 15 is 0 Å². The van der Waals surface area contributed by atoms with E-state index in [-0.39, 0.29) is 40.9 Å². The average molecular weight is 515 g/mol. The highest BCUT2D eigenvalue weighted by Crippen LogP contribution is 2.26. The number of hydrogen-bond donors (Lipinski definition) is 2. The molecule has 3 aromatic rings. The maximum absolute atomic E-state index is 12.9. The number of nitrogens with one attached hydrogen (secondary N) is 1. The van der Waals surface area contributed by atoms with Gasteiger partial charge in [0.15, 0.2) is 5.13 Å². The number of benzene rings is 1. The van der Waals surface area contributed by atoms with Crippen LogP contribution in [0.1, 0.15) is 33.3 Å². The van der Waals surface area contributed by atoms with Crippen LogP contribution in [0.5, 0.6) is 17.5 Å². The third-order valence-corrected chi connectivity index (χ3v) is 5.40. The van der Waals surface area contributed by atoms with Crippen molar-refractivity contribution < 1.29 is 33.7 Å². The number of hydrogen-bond acceptors (Lipinski definition) is 9. The first kappa shape index (κ1) is 26.6. The van der Waals surface area contributed by atoms with Crippen LogP contribution in [0.15, 0.2) is 41.8 Å². The van der Waals surface area contributed by atoms with Gasteiger partial charge < -0.3 is 24.2 Å². The van der Waals surface area contributed by atoms with E-state index in [1.165, 1.54) is 17.0 Å². The van der Waals surface area contributed by atoms with E-state index in [1.807, 2.05) is 0 Å².